The molecule has 0 saturated heterocycles. The van der Waals surface area contributed by atoms with Gasteiger partial charge in [0.15, 0.2) is 6.29 Å². The van der Waals surface area contributed by atoms with Crippen LogP contribution < -0.4 is 0 Å². The summed E-state index contributed by atoms with van der Waals surface area (Å²) in [7, 11) is 0. The Morgan fingerprint density at radius 3 is 2.92 bits per heavy atom. The van der Waals surface area contributed by atoms with Gasteiger partial charge in [-0.25, -0.2) is 0 Å². The van der Waals surface area contributed by atoms with Gasteiger partial charge in [0, 0.05) is 0 Å². The quantitative estimate of drug-likeness (QED) is 0.717. The fourth-order valence-electron chi connectivity index (χ4n) is 1.14. The molecule has 0 spiro atoms. The van der Waals surface area contributed by atoms with Crippen LogP contribution in [0.5, 0.6) is 5.75 Å². The minimum Gasteiger partial charge on any atom is -0.507 e. The van der Waals surface area contributed by atoms with Crippen molar-refractivity contribution in [3.8, 4) is 5.75 Å². The van der Waals surface area contributed by atoms with Crippen LogP contribution in [-0.2, 0) is 6.42 Å². The number of phenols is 1. The van der Waals surface area contributed by atoms with Gasteiger partial charge < -0.3 is 5.11 Å². The van der Waals surface area contributed by atoms with Crippen LogP contribution in [-0.4, -0.2) is 11.4 Å². The molecular formula is C11H13O2. The lowest BCUT2D eigenvalue weighted by molar-refractivity contribution is 0.112. The van der Waals surface area contributed by atoms with Gasteiger partial charge in [-0.1, -0.05) is 13.3 Å². The first-order chi connectivity index (χ1) is 6.27. The van der Waals surface area contributed by atoms with Crippen LogP contribution >= 0.6 is 0 Å². The molecule has 13 heavy (non-hydrogen) atoms. The first kappa shape index (κ1) is 9.78. The predicted molar refractivity (Wildman–Crippen MR) is 50.9 cm³/mol. The summed E-state index contributed by atoms with van der Waals surface area (Å²) in [6, 6.07) is 6.12. The lowest BCUT2D eigenvalue weighted by Gasteiger charge is -2.01. The van der Waals surface area contributed by atoms with Crippen molar-refractivity contribution in [3.63, 3.8) is 0 Å². The number of rotatable bonds is 4. The molecule has 1 aromatic rings. The summed E-state index contributed by atoms with van der Waals surface area (Å²) in [5.41, 5.74) is 1.27. The van der Waals surface area contributed by atoms with E-state index in [0.717, 1.165) is 24.8 Å². The second kappa shape index (κ2) is 4.65. The zero-order valence-corrected chi connectivity index (χ0v) is 7.71. The van der Waals surface area contributed by atoms with Crippen LogP contribution in [0.2, 0.25) is 0 Å². The maximum absolute atomic E-state index is 10.4. The van der Waals surface area contributed by atoms with Crippen LogP contribution in [0.1, 0.15) is 35.7 Å². The Kier molecular flexibility index (Phi) is 3.50. The zero-order valence-electron chi connectivity index (χ0n) is 7.71. The van der Waals surface area contributed by atoms with Gasteiger partial charge in [0.1, 0.15) is 5.75 Å². The van der Waals surface area contributed by atoms with Crippen molar-refractivity contribution in [1.29, 1.82) is 0 Å². The van der Waals surface area contributed by atoms with E-state index in [2.05, 4.69) is 13.0 Å². The molecule has 0 aliphatic heterocycles. The zero-order chi connectivity index (χ0) is 9.68. The number of carbonyl (C=O) groups excluding carboxylic acids is 1. The molecule has 0 heterocycles. The molecule has 1 aromatic carbocycles. The molecule has 0 saturated carbocycles. The topological polar surface area (TPSA) is 37.3 Å². The smallest absolute Gasteiger partial charge is 0.153 e. The summed E-state index contributed by atoms with van der Waals surface area (Å²) in [6.45, 7) is 2.11. The van der Waals surface area contributed by atoms with Crippen molar-refractivity contribution in [3.05, 3.63) is 29.3 Å². The van der Waals surface area contributed by atoms with E-state index < -0.39 is 0 Å². The van der Waals surface area contributed by atoms with Crippen LogP contribution in [0.15, 0.2) is 12.1 Å². The number of benzene rings is 1. The van der Waals surface area contributed by atoms with E-state index in [-0.39, 0.29) is 5.75 Å². The van der Waals surface area contributed by atoms with Gasteiger partial charge in [-0.05, 0) is 36.6 Å². The first-order valence-corrected chi connectivity index (χ1v) is 4.46. The molecule has 0 atom stereocenters. The highest BCUT2D eigenvalue weighted by atomic mass is 16.3. The van der Waals surface area contributed by atoms with Gasteiger partial charge >= 0.3 is 0 Å². The van der Waals surface area contributed by atoms with E-state index in [0.29, 0.717) is 11.8 Å². The van der Waals surface area contributed by atoms with E-state index in [4.69, 9.17) is 0 Å². The molecule has 1 N–H and O–H groups in total. The van der Waals surface area contributed by atoms with Crippen molar-refractivity contribution < 1.29 is 9.90 Å². The summed E-state index contributed by atoms with van der Waals surface area (Å²) in [5, 5.41) is 9.34. The van der Waals surface area contributed by atoms with Gasteiger partial charge in [0.25, 0.3) is 0 Å². The Morgan fingerprint density at radius 1 is 1.62 bits per heavy atom. The fraction of sp³-hybridized carbons (Fsp3) is 0.364. The maximum Gasteiger partial charge on any atom is 0.153 e. The van der Waals surface area contributed by atoms with E-state index >= 15 is 0 Å². The minimum atomic E-state index is 0.0554. The van der Waals surface area contributed by atoms with Crippen LogP contribution in [0.3, 0.4) is 0 Å². The highest BCUT2D eigenvalue weighted by molar-refractivity contribution is 5.79. The normalized spacial score (nSPS) is 9.92. The Morgan fingerprint density at radius 2 is 2.38 bits per heavy atom. The van der Waals surface area contributed by atoms with Gasteiger partial charge in [0.05, 0.1) is 5.56 Å². The number of hydrogen-bond acceptors (Lipinski definition) is 2. The number of unbranched alkanes of at least 4 members (excludes halogenated alkanes) is 1. The molecule has 0 bridgehead atoms. The first-order valence-electron chi connectivity index (χ1n) is 4.46. The molecule has 1 rings (SSSR count). The van der Waals surface area contributed by atoms with E-state index in [1.807, 2.05) is 0 Å². The van der Waals surface area contributed by atoms with E-state index in [9.17, 15) is 9.90 Å². The number of aryl methyl sites for hydroxylation is 1. The predicted octanol–water partition coefficient (Wildman–Crippen LogP) is 2.35. The molecule has 1 radical (unpaired) electrons. The number of aldehydes is 1. The third kappa shape index (κ3) is 2.58. The van der Waals surface area contributed by atoms with Gasteiger partial charge in [-0.2, -0.15) is 0 Å². The molecule has 0 unspecified atom stereocenters. The summed E-state index contributed by atoms with van der Waals surface area (Å²) >= 11 is 0. The SMILES string of the molecule is CCCCc1[c]cc(C=O)c(O)c1. The molecule has 0 aromatic heterocycles. The number of phenolic OH excluding ortho intramolecular Hbond substituents is 1. The number of carbonyl (C=O) groups is 1. The van der Waals surface area contributed by atoms with Crippen molar-refractivity contribution in [2.24, 2.45) is 0 Å². The Labute approximate surface area is 78.2 Å². The molecule has 2 heteroatoms. The summed E-state index contributed by atoms with van der Waals surface area (Å²) < 4.78 is 0. The number of aromatic hydroxyl groups is 1. The molecule has 69 valence electrons. The van der Waals surface area contributed by atoms with Crippen LogP contribution in [0.4, 0.5) is 0 Å². The minimum absolute atomic E-state index is 0.0554. The Hall–Kier alpha value is -1.31. The third-order valence-electron chi connectivity index (χ3n) is 1.95. The van der Waals surface area contributed by atoms with Crippen molar-refractivity contribution in [2.45, 2.75) is 26.2 Å². The average molecular weight is 177 g/mol. The fourth-order valence-corrected chi connectivity index (χ4v) is 1.14. The van der Waals surface area contributed by atoms with Crippen molar-refractivity contribution in [2.75, 3.05) is 0 Å². The standard InChI is InChI=1S/C11H13O2/c1-2-3-4-9-5-6-10(8-12)11(13)7-9/h6-8,13H,2-4H2,1H3. The third-order valence-corrected chi connectivity index (χ3v) is 1.95. The summed E-state index contributed by atoms with van der Waals surface area (Å²) in [6.07, 6.45) is 3.74. The largest absolute Gasteiger partial charge is 0.507 e. The molecule has 0 amide bonds. The monoisotopic (exact) mass is 177 g/mol. The molecular weight excluding hydrogens is 164 g/mol. The van der Waals surface area contributed by atoms with Crippen LogP contribution in [0.25, 0.3) is 0 Å². The van der Waals surface area contributed by atoms with E-state index in [1.54, 1.807) is 6.07 Å². The Balaban J connectivity index is 2.77. The summed E-state index contributed by atoms with van der Waals surface area (Å²) in [4.78, 5) is 10.4. The molecule has 0 aliphatic rings. The maximum atomic E-state index is 10.4. The van der Waals surface area contributed by atoms with Crippen LogP contribution in [0, 0.1) is 6.07 Å². The van der Waals surface area contributed by atoms with E-state index in [1.165, 1.54) is 6.07 Å². The van der Waals surface area contributed by atoms with Crippen molar-refractivity contribution >= 4 is 6.29 Å². The lowest BCUT2D eigenvalue weighted by Crippen LogP contribution is -1.88. The van der Waals surface area contributed by atoms with Gasteiger partial charge in [0.2, 0.25) is 0 Å². The molecule has 2 nitrogen and oxygen atoms in total. The number of hydrogen-bond donors (Lipinski definition) is 1. The lowest BCUT2D eigenvalue weighted by atomic mass is 10.1. The Bertz CT molecular complexity index is 292. The van der Waals surface area contributed by atoms with Gasteiger partial charge in [-0.3, -0.25) is 4.79 Å². The average Bonchev–Trinajstić information content (AvgIpc) is 2.15. The van der Waals surface area contributed by atoms with Crippen molar-refractivity contribution in [1.82, 2.24) is 0 Å². The second-order valence-corrected chi connectivity index (χ2v) is 3.02. The second-order valence-electron chi connectivity index (χ2n) is 3.02. The summed E-state index contributed by atoms with van der Waals surface area (Å²) in [5.74, 6) is 0.0554. The molecule has 0 fully saturated rings. The molecule has 0 aliphatic carbocycles. The highest BCUT2D eigenvalue weighted by Crippen LogP contribution is 2.17. The highest BCUT2D eigenvalue weighted by Gasteiger charge is 2.00. The van der Waals surface area contributed by atoms with Gasteiger partial charge in [-0.15, -0.1) is 0 Å².